The van der Waals surface area contributed by atoms with E-state index >= 15 is 0 Å². The lowest BCUT2D eigenvalue weighted by atomic mass is 9.93. The summed E-state index contributed by atoms with van der Waals surface area (Å²) in [6, 6.07) is 12.0. The van der Waals surface area contributed by atoms with Crippen LogP contribution in [0.15, 0.2) is 53.2 Å². The van der Waals surface area contributed by atoms with Gasteiger partial charge >= 0.3 is 6.09 Å². The number of anilines is 2. The van der Waals surface area contributed by atoms with E-state index in [2.05, 4.69) is 20.8 Å². The lowest BCUT2D eigenvalue weighted by Crippen LogP contribution is -2.36. The molecule has 1 saturated heterocycles. The van der Waals surface area contributed by atoms with Crippen LogP contribution in [-0.4, -0.2) is 57.7 Å². The fourth-order valence-corrected chi connectivity index (χ4v) is 4.05. The third kappa shape index (κ3) is 8.54. The van der Waals surface area contributed by atoms with Gasteiger partial charge in [0.25, 0.3) is 5.91 Å². The Morgan fingerprint density at radius 1 is 1.02 bits per heavy atom. The molecule has 2 aromatic heterocycles. The van der Waals surface area contributed by atoms with E-state index < -0.39 is 5.60 Å². The fourth-order valence-electron chi connectivity index (χ4n) is 4.05. The number of aromatic nitrogens is 2. The predicted molar refractivity (Wildman–Crippen MR) is 153 cm³/mol. The van der Waals surface area contributed by atoms with Gasteiger partial charge in [0.1, 0.15) is 28.9 Å². The van der Waals surface area contributed by atoms with Gasteiger partial charge in [-0.15, -0.1) is 0 Å². The summed E-state index contributed by atoms with van der Waals surface area (Å²) < 4.78 is 16.7. The highest BCUT2D eigenvalue weighted by molar-refractivity contribution is 6.02. The van der Waals surface area contributed by atoms with E-state index in [1.165, 1.54) is 6.20 Å². The summed E-state index contributed by atoms with van der Waals surface area (Å²) in [7, 11) is 0. The number of nitrogens with one attached hydrogen (secondary N) is 2. The van der Waals surface area contributed by atoms with Crippen LogP contribution in [0.2, 0.25) is 0 Å². The molecule has 1 aromatic carbocycles. The Labute approximate surface area is 239 Å². The molecule has 3 amide bonds. The molecule has 0 bridgehead atoms. The van der Waals surface area contributed by atoms with E-state index in [1.807, 2.05) is 41.5 Å². The fraction of sp³-hybridized carbons (Fsp3) is 0.433. The predicted octanol–water partition coefficient (Wildman–Crippen LogP) is 5.19. The molecule has 3 heterocycles. The number of hydrogen-bond donors (Lipinski definition) is 2. The summed E-state index contributed by atoms with van der Waals surface area (Å²) >= 11 is 0. The minimum Gasteiger partial charge on any atom is -0.487 e. The highest BCUT2D eigenvalue weighted by atomic mass is 16.6. The Morgan fingerprint density at radius 2 is 1.76 bits per heavy atom. The highest BCUT2D eigenvalue weighted by Gasteiger charge is 2.31. The highest BCUT2D eigenvalue weighted by Crippen LogP contribution is 2.25. The van der Waals surface area contributed by atoms with Crippen LogP contribution in [0.1, 0.15) is 69.8 Å². The van der Waals surface area contributed by atoms with Crippen molar-refractivity contribution in [2.24, 2.45) is 0 Å². The van der Waals surface area contributed by atoms with Gasteiger partial charge in [0.15, 0.2) is 5.82 Å². The average Bonchev–Trinajstić information content (AvgIpc) is 3.55. The number of rotatable bonds is 7. The first kappa shape index (κ1) is 29.6. The zero-order valence-corrected chi connectivity index (χ0v) is 24.3. The van der Waals surface area contributed by atoms with E-state index in [9.17, 15) is 14.4 Å². The summed E-state index contributed by atoms with van der Waals surface area (Å²) in [5.41, 5.74) is 0.817. The Hall–Kier alpha value is -4.41. The van der Waals surface area contributed by atoms with Gasteiger partial charge in [-0.2, -0.15) is 0 Å². The number of likely N-dealkylation sites (tertiary alicyclic amines) is 1. The number of nitrogens with zero attached hydrogens (tertiary/aromatic N) is 3. The maximum Gasteiger partial charge on any atom is 0.410 e. The Kier molecular flexibility index (Phi) is 8.65. The Bertz CT molecular complexity index is 1370. The molecule has 3 aromatic rings. The van der Waals surface area contributed by atoms with Gasteiger partial charge in [0.05, 0.1) is 19.2 Å². The van der Waals surface area contributed by atoms with Crippen LogP contribution in [0.3, 0.4) is 0 Å². The van der Waals surface area contributed by atoms with Gasteiger partial charge in [0, 0.05) is 30.1 Å². The van der Waals surface area contributed by atoms with Crippen LogP contribution >= 0.6 is 0 Å². The van der Waals surface area contributed by atoms with E-state index in [0.717, 1.165) is 5.56 Å². The minimum absolute atomic E-state index is 0.144. The topological polar surface area (TPSA) is 136 Å². The van der Waals surface area contributed by atoms with Crippen molar-refractivity contribution in [3.8, 4) is 5.75 Å². The van der Waals surface area contributed by atoms with Gasteiger partial charge in [0.2, 0.25) is 5.91 Å². The molecule has 11 heteroatoms. The molecule has 218 valence electrons. The standard InChI is InChI=1S/C30H37N5O6/c1-29(2,3)24-16-25(34-41-24)33-26(36)15-19-7-9-20(10-8-19)32-27(37)23-12-11-21(17-31-23)39-22-13-14-35(18-22)28(38)40-30(4,5)6/h7-12,16-17,22H,13-15,18H2,1-6H3,(H,32,37)(H,33,34,36). The Morgan fingerprint density at radius 3 is 2.37 bits per heavy atom. The second-order valence-corrected chi connectivity index (χ2v) is 12.0. The number of pyridine rings is 1. The first-order valence-corrected chi connectivity index (χ1v) is 13.5. The molecule has 11 nitrogen and oxygen atoms in total. The van der Waals surface area contributed by atoms with Crippen LogP contribution in [0.4, 0.5) is 16.3 Å². The van der Waals surface area contributed by atoms with Crippen molar-refractivity contribution in [1.82, 2.24) is 15.0 Å². The lowest BCUT2D eigenvalue weighted by molar-refractivity contribution is -0.115. The number of ether oxygens (including phenoxy) is 2. The molecule has 41 heavy (non-hydrogen) atoms. The van der Waals surface area contributed by atoms with Crippen molar-refractivity contribution in [2.75, 3.05) is 23.7 Å². The summed E-state index contributed by atoms with van der Waals surface area (Å²) in [6.07, 6.45) is 1.78. The van der Waals surface area contributed by atoms with Crippen molar-refractivity contribution in [3.05, 3.63) is 65.7 Å². The Balaban J connectivity index is 1.24. The minimum atomic E-state index is -0.551. The summed E-state index contributed by atoms with van der Waals surface area (Å²) in [4.78, 5) is 43.2. The van der Waals surface area contributed by atoms with Crippen molar-refractivity contribution >= 4 is 29.4 Å². The molecule has 1 unspecified atom stereocenters. The van der Waals surface area contributed by atoms with E-state index in [4.69, 9.17) is 14.0 Å². The summed E-state index contributed by atoms with van der Waals surface area (Å²) in [5, 5.41) is 9.44. The second kappa shape index (κ2) is 12.0. The van der Waals surface area contributed by atoms with Crippen LogP contribution in [-0.2, 0) is 21.4 Å². The van der Waals surface area contributed by atoms with Gasteiger partial charge in [-0.1, -0.05) is 38.1 Å². The molecule has 1 atom stereocenters. The normalized spacial score (nSPS) is 15.4. The summed E-state index contributed by atoms with van der Waals surface area (Å²) in [5.74, 6) is 0.973. The second-order valence-electron chi connectivity index (χ2n) is 12.0. The number of hydrogen-bond acceptors (Lipinski definition) is 8. The zero-order chi connectivity index (χ0) is 29.8. The maximum atomic E-state index is 12.7. The largest absolute Gasteiger partial charge is 0.487 e. The smallest absolute Gasteiger partial charge is 0.410 e. The molecule has 0 radical (unpaired) electrons. The third-order valence-electron chi connectivity index (χ3n) is 6.16. The first-order chi connectivity index (χ1) is 19.2. The van der Waals surface area contributed by atoms with Gasteiger partial charge in [-0.05, 0) is 50.6 Å². The quantitative estimate of drug-likeness (QED) is 0.401. The monoisotopic (exact) mass is 563 g/mol. The van der Waals surface area contributed by atoms with Crippen molar-refractivity contribution in [2.45, 2.75) is 71.5 Å². The van der Waals surface area contributed by atoms with Crippen LogP contribution in [0.5, 0.6) is 5.75 Å². The molecule has 0 aliphatic carbocycles. The SMILES string of the molecule is CC(C)(C)OC(=O)N1CCC(Oc2ccc(C(=O)Nc3ccc(CC(=O)Nc4cc(C(C)(C)C)on4)cc3)nc2)C1. The average molecular weight is 564 g/mol. The van der Waals surface area contributed by atoms with Gasteiger partial charge < -0.3 is 29.5 Å². The molecular weight excluding hydrogens is 526 g/mol. The van der Waals surface area contributed by atoms with Crippen LogP contribution in [0.25, 0.3) is 0 Å². The molecule has 1 aliphatic rings. The zero-order valence-electron chi connectivity index (χ0n) is 24.3. The van der Waals surface area contributed by atoms with Gasteiger partial charge in [-0.3, -0.25) is 9.59 Å². The molecule has 4 rings (SSSR count). The lowest BCUT2D eigenvalue weighted by Gasteiger charge is -2.24. The number of amides is 3. The first-order valence-electron chi connectivity index (χ1n) is 13.5. The molecule has 1 fully saturated rings. The van der Waals surface area contributed by atoms with Crippen molar-refractivity contribution < 1.29 is 28.4 Å². The molecule has 2 N–H and O–H groups in total. The molecular formula is C30H37N5O6. The van der Waals surface area contributed by atoms with Crippen LogP contribution in [0, 0.1) is 0 Å². The van der Waals surface area contributed by atoms with Gasteiger partial charge in [-0.25, -0.2) is 9.78 Å². The number of carbonyl (C=O) groups is 3. The molecule has 1 aliphatic heterocycles. The van der Waals surface area contributed by atoms with E-state index in [-0.39, 0.29) is 41.5 Å². The number of carbonyl (C=O) groups excluding carboxylic acids is 3. The van der Waals surface area contributed by atoms with Crippen molar-refractivity contribution in [1.29, 1.82) is 0 Å². The maximum absolute atomic E-state index is 12.7. The van der Waals surface area contributed by atoms with E-state index in [0.29, 0.717) is 42.5 Å². The number of benzene rings is 1. The third-order valence-corrected chi connectivity index (χ3v) is 6.16. The van der Waals surface area contributed by atoms with E-state index in [1.54, 1.807) is 47.4 Å². The van der Waals surface area contributed by atoms with Crippen molar-refractivity contribution in [3.63, 3.8) is 0 Å². The molecule has 0 spiro atoms. The molecule has 0 saturated carbocycles. The van der Waals surface area contributed by atoms with Crippen LogP contribution < -0.4 is 15.4 Å². The summed E-state index contributed by atoms with van der Waals surface area (Å²) in [6.45, 7) is 12.5.